The van der Waals surface area contributed by atoms with Crippen molar-refractivity contribution in [2.45, 2.75) is 58.8 Å². The molecule has 2 aromatic rings. The van der Waals surface area contributed by atoms with Crippen molar-refractivity contribution in [2.24, 2.45) is 17.8 Å². The van der Waals surface area contributed by atoms with Gasteiger partial charge >= 0.3 is 0 Å². The fraction of sp³-hybridized carbons (Fsp3) is 0.462. The van der Waals surface area contributed by atoms with Crippen LogP contribution >= 0.6 is 0 Å². The van der Waals surface area contributed by atoms with Gasteiger partial charge in [-0.2, -0.15) is 0 Å². The lowest BCUT2D eigenvalue weighted by molar-refractivity contribution is 0.206. The molecule has 1 fully saturated rings. The van der Waals surface area contributed by atoms with Crippen LogP contribution in [0.5, 0.6) is 0 Å². The highest BCUT2D eigenvalue weighted by molar-refractivity contribution is 5.44. The highest BCUT2D eigenvalue weighted by atomic mass is 19.2. The molecule has 3 rings (SSSR count). The van der Waals surface area contributed by atoms with E-state index < -0.39 is 23.3 Å². The van der Waals surface area contributed by atoms with Crippen molar-refractivity contribution in [3.63, 3.8) is 0 Å². The summed E-state index contributed by atoms with van der Waals surface area (Å²) in [5.74, 6) is 2.52. The van der Waals surface area contributed by atoms with Crippen LogP contribution in [0.1, 0.15) is 69.1 Å². The summed E-state index contributed by atoms with van der Waals surface area (Å²) >= 11 is 0. The first-order valence-electron chi connectivity index (χ1n) is 10.8. The Morgan fingerprint density at radius 1 is 0.900 bits per heavy atom. The van der Waals surface area contributed by atoms with Crippen molar-refractivity contribution in [1.82, 2.24) is 0 Å². The summed E-state index contributed by atoms with van der Waals surface area (Å²) in [6.45, 7) is 4.49. The average molecular weight is 417 g/mol. The van der Waals surface area contributed by atoms with Crippen LogP contribution < -0.4 is 0 Å². The first-order valence-corrected chi connectivity index (χ1v) is 10.8. The van der Waals surface area contributed by atoms with Crippen molar-refractivity contribution >= 4 is 0 Å². The van der Waals surface area contributed by atoms with Gasteiger partial charge in [-0.05, 0) is 66.8 Å². The molecule has 0 radical (unpaired) electrons. The molecule has 0 bridgehead atoms. The first-order chi connectivity index (χ1) is 14.4. The maximum atomic E-state index is 14.5. The molecule has 0 nitrogen and oxygen atoms in total. The first kappa shape index (κ1) is 22.4. The summed E-state index contributed by atoms with van der Waals surface area (Å²) in [6.07, 6.45) is 8.51. The molecule has 2 aromatic carbocycles. The Morgan fingerprint density at radius 2 is 1.57 bits per heavy atom. The largest absolute Gasteiger partial charge is 0.206 e. The molecule has 0 N–H and O–H groups in total. The zero-order chi connectivity index (χ0) is 21.7. The second kappa shape index (κ2) is 10.2. The third-order valence-electron chi connectivity index (χ3n) is 6.31. The summed E-state index contributed by atoms with van der Waals surface area (Å²) in [6, 6.07) is 6.55. The lowest BCUT2D eigenvalue weighted by Gasteiger charge is -2.32. The molecule has 0 aromatic heterocycles. The van der Waals surface area contributed by atoms with E-state index in [1.807, 2.05) is 6.07 Å². The number of hydrogen-bond donors (Lipinski definition) is 0. The molecule has 0 saturated heterocycles. The lowest BCUT2D eigenvalue weighted by Crippen LogP contribution is -2.21. The van der Waals surface area contributed by atoms with E-state index >= 15 is 0 Å². The van der Waals surface area contributed by atoms with E-state index in [4.69, 9.17) is 0 Å². The predicted octanol–water partition coefficient (Wildman–Crippen LogP) is 7.43. The zero-order valence-electron chi connectivity index (χ0n) is 17.6. The molecule has 4 heteroatoms. The van der Waals surface area contributed by atoms with Crippen LogP contribution in [0.4, 0.5) is 17.6 Å². The van der Waals surface area contributed by atoms with E-state index in [1.54, 1.807) is 6.07 Å². The maximum Gasteiger partial charge on any atom is 0.194 e. The predicted molar refractivity (Wildman–Crippen MR) is 112 cm³/mol. The Hall–Kier alpha value is -2.28. The van der Waals surface area contributed by atoms with Gasteiger partial charge < -0.3 is 0 Å². The van der Waals surface area contributed by atoms with Gasteiger partial charge in [-0.1, -0.05) is 57.4 Å². The van der Waals surface area contributed by atoms with Crippen molar-refractivity contribution < 1.29 is 17.6 Å². The van der Waals surface area contributed by atoms with Crippen molar-refractivity contribution in [1.29, 1.82) is 0 Å². The van der Waals surface area contributed by atoms with E-state index in [9.17, 15) is 17.6 Å². The summed E-state index contributed by atoms with van der Waals surface area (Å²) in [5, 5.41) is 0. The average Bonchev–Trinajstić information content (AvgIpc) is 2.72. The van der Waals surface area contributed by atoms with Crippen LogP contribution in [-0.4, -0.2) is 0 Å². The fourth-order valence-electron chi connectivity index (χ4n) is 4.55. The standard InChI is InChI=1S/C26H28F4/c1-3-4-18-5-9-21(10-6-18)17(2)13-19-7-11-22(23(27)14-19)12-8-20-15-24(28)26(30)25(29)16-20/h7,11,14-18,21H,3-6,9-10,13H2,1-2H3. The van der Waals surface area contributed by atoms with Gasteiger partial charge in [-0.15, -0.1) is 0 Å². The van der Waals surface area contributed by atoms with Crippen LogP contribution in [0.25, 0.3) is 0 Å². The van der Waals surface area contributed by atoms with Gasteiger partial charge in [-0.3, -0.25) is 0 Å². The van der Waals surface area contributed by atoms with E-state index in [2.05, 4.69) is 25.7 Å². The molecule has 0 spiro atoms. The molecule has 1 saturated carbocycles. The van der Waals surface area contributed by atoms with Crippen LogP contribution in [0, 0.1) is 52.9 Å². The molecule has 1 aliphatic carbocycles. The number of hydrogen-bond acceptors (Lipinski definition) is 0. The Morgan fingerprint density at radius 3 is 2.17 bits per heavy atom. The molecule has 0 amide bonds. The van der Waals surface area contributed by atoms with Crippen LogP contribution in [0.3, 0.4) is 0 Å². The highest BCUT2D eigenvalue weighted by Crippen LogP contribution is 2.36. The number of rotatable bonds is 5. The Bertz CT molecular complexity index is 907. The van der Waals surface area contributed by atoms with Gasteiger partial charge in [0.25, 0.3) is 0 Å². The van der Waals surface area contributed by atoms with Crippen LogP contribution in [0.2, 0.25) is 0 Å². The van der Waals surface area contributed by atoms with Gasteiger partial charge in [-0.25, -0.2) is 17.6 Å². The van der Waals surface area contributed by atoms with Crippen molar-refractivity contribution in [3.8, 4) is 11.8 Å². The van der Waals surface area contributed by atoms with Gasteiger partial charge in [0.2, 0.25) is 0 Å². The quantitative estimate of drug-likeness (QED) is 0.270. The van der Waals surface area contributed by atoms with E-state index in [0.717, 1.165) is 30.0 Å². The number of benzene rings is 2. The molecule has 0 aliphatic heterocycles. The minimum Gasteiger partial charge on any atom is -0.206 e. The molecule has 1 unspecified atom stereocenters. The second-order valence-corrected chi connectivity index (χ2v) is 8.57. The van der Waals surface area contributed by atoms with Crippen molar-refractivity contribution in [3.05, 3.63) is 70.3 Å². The van der Waals surface area contributed by atoms with Crippen LogP contribution in [-0.2, 0) is 6.42 Å². The monoisotopic (exact) mass is 416 g/mol. The summed E-state index contributed by atoms with van der Waals surface area (Å²) < 4.78 is 54.1. The third-order valence-corrected chi connectivity index (χ3v) is 6.31. The minimum atomic E-state index is -1.54. The normalized spacial score (nSPS) is 19.8. The van der Waals surface area contributed by atoms with Gasteiger partial charge in [0.1, 0.15) is 5.82 Å². The van der Waals surface area contributed by atoms with Gasteiger partial charge in [0.05, 0.1) is 5.56 Å². The molecule has 1 atom stereocenters. The van der Waals surface area contributed by atoms with Crippen LogP contribution in [0.15, 0.2) is 30.3 Å². The molecular formula is C26H28F4. The van der Waals surface area contributed by atoms with E-state index in [0.29, 0.717) is 11.8 Å². The summed E-state index contributed by atoms with van der Waals surface area (Å²) in [4.78, 5) is 0. The van der Waals surface area contributed by atoms with E-state index in [-0.39, 0.29) is 11.1 Å². The summed E-state index contributed by atoms with van der Waals surface area (Å²) in [7, 11) is 0. The Balaban J connectivity index is 1.63. The minimum absolute atomic E-state index is 0.0397. The summed E-state index contributed by atoms with van der Waals surface area (Å²) in [5.41, 5.74) is 1.04. The zero-order valence-corrected chi connectivity index (χ0v) is 17.6. The smallest absolute Gasteiger partial charge is 0.194 e. The van der Waals surface area contributed by atoms with Gasteiger partial charge in [0, 0.05) is 5.56 Å². The highest BCUT2D eigenvalue weighted by Gasteiger charge is 2.25. The Labute approximate surface area is 176 Å². The topological polar surface area (TPSA) is 0 Å². The van der Waals surface area contributed by atoms with E-state index in [1.165, 1.54) is 44.6 Å². The fourth-order valence-corrected chi connectivity index (χ4v) is 4.55. The SMILES string of the molecule is CCCC1CCC(C(C)Cc2ccc(C#Cc3cc(F)c(F)c(F)c3)c(F)c2)CC1. The molecule has 0 heterocycles. The van der Waals surface area contributed by atoms with Crippen molar-refractivity contribution in [2.75, 3.05) is 0 Å². The van der Waals surface area contributed by atoms with Gasteiger partial charge in [0.15, 0.2) is 17.5 Å². The molecule has 30 heavy (non-hydrogen) atoms. The number of halogens is 4. The molecular weight excluding hydrogens is 388 g/mol. The Kier molecular flexibility index (Phi) is 7.58. The molecule has 1 aliphatic rings. The molecule has 160 valence electrons. The second-order valence-electron chi connectivity index (χ2n) is 8.57. The third kappa shape index (κ3) is 5.65. The maximum absolute atomic E-state index is 14.5. The lowest BCUT2D eigenvalue weighted by atomic mass is 9.74.